The molecule has 4 nitrogen and oxygen atoms in total. The third-order valence-corrected chi connectivity index (χ3v) is 4.25. The van der Waals surface area contributed by atoms with Gasteiger partial charge in [-0.25, -0.2) is 0 Å². The number of hydrogen-bond donors (Lipinski definition) is 3. The summed E-state index contributed by atoms with van der Waals surface area (Å²) in [5, 5.41) is 22.0. The van der Waals surface area contributed by atoms with E-state index >= 15 is 0 Å². The number of phenols is 2. The summed E-state index contributed by atoms with van der Waals surface area (Å²) < 4.78 is 0. The lowest BCUT2D eigenvalue weighted by atomic mass is 9.78. The molecule has 19 heavy (non-hydrogen) atoms. The maximum absolute atomic E-state index is 12.2. The zero-order chi connectivity index (χ0) is 14.0. The van der Waals surface area contributed by atoms with Crippen LogP contribution in [0.3, 0.4) is 0 Å². The van der Waals surface area contributed by atoms with Crippen LogP contribution in [0.15, 0.2) is 18.2 Å². The minimum Gasteiger partial charge on any atom is -0.508 e. The van der Waals surface area contributed by atoms with Gasteiger partial charge >= 0.3 is 0 Å². The Balaban J connectivity index is 2.10. The van der Waals surface area contributed by atoms with Gasteiger partial charge in [0.15, 0.2) is 0 Å². The number of benzene rings is 1. The number of rotatable bonds is 2. The minimum atomic E-state index is -0.320. The summed E-state index contributed by atoms with van der Waals surface area (Å²) in [6.07, 6.45) is 3.28. The Hall–Kier alpha value is -1.71. The number of hydrogen-bond acceptors (Lipinski definition) is 3. The number of amides is 1. The normalized spacial score (nSPS) is 26.9. The summed E-state index contributed by atoms with van der Waals surface area (Å²) in [7, 11) is 0. The van der Waals surface area contributed by atoms with Crippen LogP contribution in [0.4, 0.5) is 0 Å². The lowest BCUT2D eigenvalue weighted by Crippen LogP contribution is -2.43. The smallest absolute Gasteiger partial charge is 0.255 e. The maximum atomic E-state index is 12.2. The highest BCUT2D eigenvalue weighted by molar-refractivity contribution is 5.97. The highest BCUT2D eigenvalue weighted by atomic mass is 16.3. The number of carbonyl (C=O) groups is 1. The van der Waals surface area contributed by atoms with E-state index in [4.69, 9.17) is 0 Å². The third-order valence-electron chi connectivity index (χ3n) is 4.25. The zero-order valence-corrected chi connectivity index (χ0v) is 11.4. The summed E-state index contributed by atoms with van der Waals surface area (Å²) in [4.78, 5) is 12.2. The van der Waals surface area contributed by atoms with Gasteiger partial charge in [-0.1, -0.05) is 26.7 Å². The number of nitrogens with one attached hydrogen (secondary N) is 1. The monoisotopic (exact) mass is 263 g/mol. The minimum absolute atomic E-state index is 0.0204. The molecule has 4 heteroatoms. The van der Waals surface area contributed by atoms with Crippen molar-refractivity contribution in [1.29, 1.82) is 0 Å². The number of carbonyl (C=O) groups excluding carboxylic acids is 1. The molecule has 104 valence electrons. The maximum Gasteiger partial charge on any atom is 0.255 e. The first kappa shape index (κ1) is 13.7. The zero-order valence-electron chi connectivity index (χ0n) is 11.4. The van der Waals surface area contributed by atoms with Gasteiger partial charge in [-0.15, -0.1) is 0 Å². The average Bonchev–Trinajstić information content (AvgIpc) is 2.38. The Labute approximate surface area is 113 Å². The average molecular weight is 263 g/mol. The van der Waals surface area contributed by atoms with Crippen LogP contribution in [0, 0.1) is 11.8 Å². The van der Waals surface area contributed by atoms with Crippen LogP contribution in [0.1, 0.15) is 43.5 Å². The molecule has 1 aliphatic carbocycles. The second-order valence-corrected chi connectivity index (χ2v) is 5.55. The molecule has 0 saturated heterocycles. The predicted molar refractivity (Wildman–Crippen MR) is 73.2 cm³/mol. The summed E-state index contributed by atoms with van der Waals surface area (Å²) >= 11 is 0. The van der Waals surface area contributed by atoms with Gasteiger partial charge in [-0.05, 0) is 36.5 Å². The highest BCUT2D eigenvalue weighted by Crippen LogP contribution is 2.30. The molecule has 0 aromatic heterocycles. The van der Waals surface area contributed by atoms with Crippen LogP contribution in [0.5, 0.6) is 11.5 Å². The van der Waals surface area contributed by atoms with Gasteiger partial charge in [0.2, 0.25) is 0 Å². The molecule has 1 saturated carbocycles. The standard InChI is InChI=1S/C15H21NO3/c1-9-4-3-5-13(10(9)2)16-15(19)12-8-11(17)6-7-14(12)18/h6-10,13,17-18H,3-5H2,1-2H3,(H,16,19). The molecule has 2 rings (SSSR count). The van der Waals surface area contributed by atoms with Crippen molar-refractivity contribution in [3.05, 3.63) is 23.8 Å². The van der Waals surface area contributed by atoms with Crippen LogP contribution in [-0.4, -0.2) is 22.2 Å². The molecule has 0 spiro atoms. The van der Waals surface area contributed by atoms with E-state index in [0.717, 1.165) is 12.8 Å². The van der Waals surface area contributed by atoms with E-state index in [9.17, 15) is 15.0 Å². The number of phenolic OH excluding ortho intramolecular Hbond substituents is 2. The van der Waals surface area contributed by atoms with Crippen molar-refractivity contribution in [2.75, 3.05) is 0 Å². The van der Waals surface area contributed by atoms with Crippen molar-refractivity contribution in [2.24, 2.45) is 11.8 Å². The Kier molecular flexibility index (Phi) is 3.98. The summed E-state index contributed by atoms with van der Waals surface area (Å²) in [5.41, 5.74) is 0.130. The van der Waals surface area contributed by atoms with Crippen molar-refractivity contribution in [2.45, 2.75) is 39.2 Å². The van der Waals surface area contributed by atoms with Crippen LogP contribution in [0.25, 0.3) is 0 Å². The van der Waals surface area contributed by atoms with E-state index < -0.39 is 0 Å². The van der Waals surface area contributed by atoms with Crippen molar-refractivity contribution in [3.8, 4) is 11.5 Å². The van der Waals surface area contributed by atoms with E-state index in [2.05, 4.69) is 19.2 Å². The second-order valence-electron chi connectivity index (χ2n) is 5.55. The van der Waals surface area contributed by atoms with Gasteiger partial charge in [0, 0.05) is 6.04 Å². The SMILES string of the molecule is CC1CCCC(NC(=O)c2cc(O)ccc2O)C1C. The molecule has 1 amide bonds. The molecule has 0 bridgehead atoms. The van der Waals surface area contributed by atoms with Crippen LogP contribution >= 0.6 is 0 Å². The molecule has 3 atom stereocenters. The molecule has 1 aromatic rings. The summed E-state index contributed by atoms with van der Waals surface area (Å²) in [6, 6.07) is 4.12. The fourth-order valence-corrected chi connectivity index (χ4v) is 2.74. The van der Waals surface area contributed by atoms with Gasteiger partial charge in [0.1, 0.15) is 11.5 Å². The Morgan fingerprint density at radius 1 is 1.26 bits per heavy atom. The predicted octanol–water partition coefficient (Wildman–Crippen LogP) is 2.65. The first-order chi connectivity index (χ1) is 8.99. The third kappa shape index (κ3) is 3.00. The van der Waals surface area contributed by atoms with E-state index in [1.807, 2.05) is 0 Å². The molecule has 1 aromatic carbocycles. The van der Waals surface area contributed by atoms with E-state index in [0.29, 0.717) is 11.8 Å². The van der Waals surface area contributed by atoms with Gasteiger partial charge in [-0.3, -0.25) is 4.79 Å². The van der Waals surface area contributed by atoms with Crippen LogP contribution < -0.4 is 5.32 Å². The molecule has 3 unspecified atom stereocenters. The molecule has 1 aliphatic rings. The molecule has 0 radical (unpaired) electrons. The van der Waals surface area contributed by atoms with Gasteiger partial charge < -0.3 is 15.5 Å². The van der Waals surface area contributed by atoms with Crippen LogP contribution in [0.2, 0.25) is 0 Å². The molecule has 0 aliphatic heterocycles. The van der Waals surface area contributed by atoms with Crippen molar-refractivity contribution >= 4 is 5.91 Å². The fourth-order valence-electron chi connectivity index (χ4n) is 2.74. The van der Waals surface area contributed by atoms with Gasteiger partial charge in [0.25, 0.3) is 5.91 Å². The fraction of sp³-hybridized carbons (Fsp3) is 0.533. The first-order valence-electron chi connectivity index (χ1n) is 6.82. The van der Waals surface area contributed by atoms with E-state index in [1.165, 1.54) is 24.6 Å². The Morgan fingerprint density at radius 3 is 2.74 bits per heavy atom. The Morgan fingerprint density at radius 2 is 2.00 bits per heavy atom. The lowest BCUT2D eigenvalue weighted by Gasteiger charge is -2.34. The summed E-state index contributed by atoms with van der Waals surface area (Å²) in [5.74, 6) is 0.577. The molecule has 0 heterocycles. The van der Waals surface area contributed by atoms with Gasteiger partial charge in [0.05, 0.1) is 5.56 Å². The van der Waals surface area contributed by atoms with Crippen molar-refractivity contribution in [1.82, 2.24) is 5.32 Å². The molecule has 1 fully saturated rings. The van der Waals surface area contributed by atoms with E-state index in [-0.39, 0.29) is 29.0 Å². The summed E-state index contributed by atoms with van der Waals surface area (Å²) in [6.45, 7) is 4.35. The molecular formula is C15H21NO3. The van der Waals surface area contributed by atoms with E-state index in [1.54, 1.807) is 0 Å². The Bertz CT molecular complexity index is 472. The number of aromatic hydroxyl groups is 2. The van der Waals surface area contributed by atoms with Gasteiger partial charge in [-0.2, -0.15) is 0 Å². The first-order valence-corrected chi connectivity index (χ1v) is 6.82. The molecular weight excluding hydrogens is 242 g/mol. The largest absolute Gasteiger partial charge is 0.508 e. The van der Waals surface area contributed by atoms with Crippen LogP contribution in [-0.2, 0) is 0 Å². The topological polar surface area (TPSA) is 69.6 Å². The lowest BCUT2D eigenvalue weighted by molar-refractivity contribution is 0.0888. The molecule has 3 N–H and O–H groups in total. The second kappa shape index (κ2) is 5.51. The highest BCUT2D eigenvalue weighted by Gasteiger charge is 2.28. The van der Waals surface area contributed by atoms with Crippen molar-refractivity contribution in [3.63, 3.8) is 0 Å². The quantitative estimate of drug-likeness (QED) is 0.718. The van der Waals surface area contributed by atoms with Crippen molar-refractivity contribution < 1.29 is 15.0 Å².